The van der Waals surface area contributed by atoms with Crippen molar-refractivity contribution >= 4 is 5.97 Å². The van der Waals surface area contributed by atoms with Gasteiger partial charge in [-0.05, 0) is 124 Å². The molecule has 274 valence electrons. The Labute approximate surface area is 303 Å². The van der Waals surface area contributed by atoms with E-state index in [1.807, 2.05) is 0 Å². The minimum Gasteiger partial charge on any atom is -0.462 e. The van der Waals surface area contributed by atoms with Crippen molar-refractivity contribution < 1.29 is 9.53 Å². The van der Waals surface area contributed by atoms with Crippen molar-refractivity contribution in [2.24, 2.45) is 46.3 Å². The molecule has 0 saturated heterocycles. The lowest BCUT2D eigenvalue weighted by molar-refractivity contribution is -0.150. The molecule has 4 aliphatic rings. The van der Waals surface area contributed by atoms with Crippen LogP contribution in [0.5, 0.6) is 0 Å². The maximum atomic E-state index is 12.9. The number of unbranched alkanes of at least 4 members (excludes halogenated alkanes) is 5. The first-order chi connectivity index (χ1) is 23.5. The van der Waals surface area contributed by atoms with Gasteiger partial charge in [0.15, 0.2) is 0 Å². The average molecular weight is 671 g/mol. The van der Waals surface area contributed by atoms with Crippen LogP contribution in [-0.2, 0) is 9.53 Å². The first kappa shape index (κ1) is 39.7. The van der Waals surface area contributed by atoms with Crippen LogP contribution in [0, 0.1) is 46.3 Å². The number of hydrogen-bond donors (Lipinski definition) is 0. The van der Waals surface area contributed by atoms with Gasteiger partial charge in [0.05, 0.1) is 0 Å². The minimum absolute atomic E-state index is 0.00613. The first-order valence-electron chi connectivity index (χ1n) is 20.7. The maximum absolute atomic E-state index is 12.9. The molecule has 0 aromatic heterocycles. The molecule has 2 nitrogen and oxygen atoms in total. The highest BCUT2D eigenvalue weighted by Gasteiger charge is 2.60. The Hall–Kier alpha value is -2.09. The zero-order chi connectivity index (χ0) is 35.4. The van der Waals surface area contributed by atoms with Crippen LogP contribution in [-0.4, -0.2) is 12.1 Å². The Bertz CT molecular complexity index is 1210. The van der Waals surface area contributed by atoms with Gasteiger partial charge in [0, 0.05) is 24.7 Å². The van der Waals surface area contributed by atoms with Crippen LogP contribution in [0.25, 0.3) is 0 Å². The number of rotatable bonds is 19. The molecule has 8 atom stereocenters. The van der Waals surface area contributed by atoms with Crippen molar-refractivity contribution in [2.45, 2.75) is 170 Å². The fraction of sp³-hybridized carbons (Fsp3) is 0.723. The standard InChI is InChI=1S/C47H74O2/c1-9-10-11-12-13-14-15-16-17-18-19-20-21-22-23-24-45(48)49-40-33-38(6)47(8)39(34-40)27-28-41-43-30-29-42(46(43,7)32-31-44(41)47)37(5)26-25-36(4)35(2)3/h10-11,13-14,16-17,27,35,37,40-44H,4,6,9,12,15,18-26,28-34H2,1-3,5,7-8H3/b11-10-,14-13-,17-16-/t37-,40+,41+,42-,43+,44+,46-,47+/m1/s1. The molecule has 0 unspecified atom stereocenters. The van der Waals surface area contributed by atoms with Crippen LogP contribution in [0.3, 0.4) is 0 Å². The number of ether oxygens (including phenoxy) is 1. The lowest BCUT2D eigenvalue weighted by atomic mass is 9.46. The molecule has 0 radical (unpaired) electrons. The third kappa shape index (κ3) is 10.0. The van der Waals surface area contributed by atoms with Gasteiger partial charge in [-0.3, -0.25) is 4.79 Å². The third-order valence-electron chi connectivity index (χ3n) is 14.0. The zero-order valence-electron chi connectivity index (χ0n) is 32.7. The monoisotopic (exact) mass is 671 g/mol. The highest BCUT2D eigenvalue weighted by atomic mass is 16.5. The summed E-state index contributed by atoms with van der Waals surface area (Å²) in [4.78, 5) is 12.9. The molecule has 0 bridgehead atoms. The molecule has 4 rings (SSSR count). The number of carbonyl (C=O) groups is 1. The second-order valence-electron chi connectivity index (χ2n) is 17.3. The van der Waals surface area contributed by atoms with Gasteiger partial charge in [-0.2, -0.15) is 0 Å². The molecule has 4 aliphatic carbocycles. The number of hydrogen-bond acceptors (Lipinski definition) is 2. The lowest BCUT2D eigenvalue weighted by Crippen LogP contribution is -2.51. The summed E-state index contributed by atoms with van der Waals surface area (Å²) < 4.78 is 6.13. The zero-order valence-corrected chi connectivity index (χ0v) is 32.7. The molecule has 3 saturated carbocycles. The smallest absolute Gasteiger partial charge is 0.306 e. The molecule has 0 aromatic carbocycles. The van der Waals surface area contributed by atoms with E-state index in [2.05, 4.69) is 90.7 Å². The van der Waals surface area contributed by atoms with Crippen LogP contribution in [0.15, 0.2) is 72.4 Å². The quantitative estimate of drug-likeness (QED) is 0.0776. The Morgan fingerprint density at radius 2 is 1.59 bits per heavy atom. The average Bonchev–Trinajstić information content (AvgIpc) is 3.43. The molecule has 0 aliphatic heterocycles. The summed E-state index contributed by atoms with van der Waals surface area (Å²) in [6.07, 6.45) is 37.6. The Morgan fingerprint density at radius 1 is 0.898 bits per heavy atom. The van der Waals surface area contributed by atoms with Gasteiger partial charge >= 0.3 is 5.97 Å². The molecular weight excluding hydrogens is 597 g/mol. The van der Waals surface area contributed by atoms with Crippen molar-refractivity contribution in [3.05, 3.63) is 72.4 Å². The van der Waals surface area contributed by atoms with E-state index in [-0.39, 0.29) is 17.5 Å². The van der Waals surface area contributed by atoms with Crippen LogP contribution >= 0.6 is 0 Å². The summed E-state index contributed by atoms with van der Waals surface area (Å²) in [5, 5.41) is 0. The van der Waals surface area contributed by atoms with Crippen molar-refractivity contribution in [1.29, 1.82) is 0 Å². The summed E-state index contributed by atoms with van der Waals surface area (Å²) in [6.45, 7) is 23.5. The Balaban J connectivity index is 1.18. The van der Waals surface area contributed by atoms with Crippen LogP contribution in [0.2, 0.25) is 0 Å². The summed E-state index contributed by atoms with van der Waals surface area (Å²) in [6, 6.07) is 0. The van der Waals surface area contributed by atoms with E-state index < -0.39 is 0 Å². The van der Waals surface area contributed by atoms with Gasteiger partial charge in [-0.15, -0.1) is 0 Å². The Morgan fingerprint density at radius 3 is 2.33 bits per heavy atom. The van der Waals surface area contributed by atoms with E-state index >= 15 is 0 Å². The summed E-state index contributed by atoms with van der Waals surface area (Å²) in [7, 11) is 0. The summed E-state index contributed by atoms with van der Waals surface area (Å²) >= 11 is 0. The molecule has 0 aromatic rings. The number of carbonyl (C=O) groups excluding carboxylic acids is 1. The molecule has 0 N–H and O–H groups in total. The SMILES string of the molecule is C=C(CC[C@@H](C)[C@H]1CC[C@H]2[C@@H]3CC=C4C[C@@H](OC(=O)CCCCCCC/C=C\C/C=C\C/C=C\CC)CC(=C)[C@]4(C)[C@H]3CC[C@]12C)C(C)C. The van der Waals surface area contributed by atoms with Crippen LogP contribution in [0.4, 0.5) is 0 Å². The predicted octanol–water partition coefficient (Wildman–Crippen LogP) is 13.9. The van der Waals surface area contributed by atoms with Gasteiger partial charge in [-0.25, -0.2) is 0 Å². The molecule has 0 heterocycles. The van der Waals surface area contributed by atoms with Gasteiger partial charge in [0.2, 0.25) is 0 Å². The van der Waals surface area contributed by atoms with Gasteiger partial charge < -0.3 is 4.74 Å². The molecule has 0 amide bonds. The van der Waals surface area contributed by atoms with Gasteiger partial charge in [0.25, 0.3) is 0 Å². The van der Waals surface area contributed by atoms with Crippen LogP contribution < -0.4 is 0 Å². The Kier molecular flexibility index (Phi) is 15.3. The van der Waals surface area contributed by atoms with Crippen LogP contribution in [0.1, 0.15) is 164 Å². The van der Waals surface area contributed by atoms with Crippen molar-refractivity contribution in [2.75, 3.05) is 0 Å². The maximum Gasteiger partial charge on any atom is 0.306 e. The molecule has 3 fully saturated rings. The largest absolute Gasteiger partial charge is 0.462 e. The fourth-order valence-corrected chi connectivity index (χ4v) is 10.7. The fourth-order valence-electron chi connectivity index (χ4n) is 10.7. The second-order valence-corrected chi connectivity index (χ2v) is 17.3. The minimum atomic E-state index is -0.0310. The molecule has 49 heavy (non-hydrogen) atoms. The van der Waals surface area contributed by atoms with Crippen molar-refractivity contribution in [3.63, 3.8) is 0 Å². The highest BCUT2D eigenvalue weighted by Crippen LogP contribution is 2.68. The van der Waals surface area contributed by atoms with Crippen molar-refractivity contribution in [1.82, 2.24) is 0 Å². The summed E-state index contributed by atoms with van der Waals surface area (Å²) in [5.74, 6) is 4.49. The predicted molar refractivity (Wildman–Crippen MR) is 211 cm³/mol. The number of fused-ring (bicyclic) bond motifs is 5. The van der Waals surface area contributed by atoms with Gasteiger partial charge in [0.1, 0.15) is 6.10 Å². The topological polar surface area (TPSA) is 26.3 Å². The normalized spacial score (nSPS) is 32.0. The van der Waals surface area contributed by atoms with E-state index in [1.54, 1.807) is 0 Å². The van der Waals surface area contributed by atoms with E-state index in [0.29, 0.717) is 23.7 Å². The molecule has 0 spiro atoms. The summed E-state index contributed by atoms with van der Waals surface area (Å²) in [5.41, 5.74) is 4.81. The van der Waals surface area contributed by atoms with Gasteiger partial charge in [-0.1, -0.05) is 133 Å². The molecular formula is C47H74O2. The van der Waals surface area contributed by atoms with Crippen molar-refractivity contribution in [3.8, 4) is 0 Å². The lowest BCUT2D eigenvalue weighted by Gasteiger charge is -2.59. The van der Waals surface area contributed by atoms with E-state index in [9.17, 15) is 4.79 Å². The second kappa shape index (κ2) is 18.9. The van der Waals surface area contributed by atoms with E-state index in [1.165, 1.54) is 80.9 Å². The highest BCUT2D eigenvalue weighted by molar-refractivity contribution is 5.69. The third-order valence-corrected chi connectivity index (χ3v) is 14.0. The number of allylic oxidation sites excluding steroid dienone is 8. The molecule has 2 heteroatoms. The first-order valence-corrected chi connectivity index (χ1v) is 20.7. The van der Waals surface area contributed by atoms with E-state index in [0.717, 1.165) is 75.0 Å². The number of esters is 1. The van der Waals surface area contributed by atoms with E-state index in [4.69, 9.17) is 11.3 Å².